The third-order valence-electron chi connectivity index (χ3n) is 3.85. The molecule has 1 saturated heterocycles. The number of hydrogen-bond donors (Lipinski definition) is 0. The first kappa shape index (κ1) is 13.1. The van der Waals surface area contributed by atoms with Gasteiger partial charge in [-0.1, -0.05) is 11.3 Å². The normalized spacial score (nSPS) is 23.3. The highest BCUT2D eigenvalue weighted by Gasteiger charge is 2.30. The summed E-state index contributed by atoms with van der Waals surface area (Å²) in [6.07, 6.45) is 5.72. The fourth-order valence-electron chi connectivity index (χ4n) is 2.65. The van der Waals surface area contributed by atoms with Crippen molar-refractivity contribution in [1.29, 1.82) is 0 Å². The molecule has 1 saturated carbocycles. The van der Waals surface area contributed by atoms with Crippen molar-refractivity contribution < 1.29 is 9.53 Å². The summed E-state index contributed by atoms with van der Waals surface area (Å²) in [6.45, 7) is 2.72. The predicted octanol–water partition coefficient (Wildman–Crippen LogP) is 2.70. The van der Waals surface area contributed by atoms with Crippen molar-refractivity contribution in [2.45, 2.75) is 31.6 Å². The molecule has 1 unspecified atom stereocenters. The minimum Gasteiger partial charge on any atom is -0.381 e. The number of aldehydes is 1. The number of hydrogen-bond acceptors (Lipinski definition) is 5. The second-order valence-corrected chi connectivity index (χ2v) is 6.61. The number of thiazole rings is 1. The van der Waals surface area contributed by atoms with Gasteiger partial charge in [0.25, 0.3) is 0 Å². The van der Waals surface area contributed by atoms with E-state index >= 15 is 0 Å². The lowest BCUT2D eigenvalue weighted by atomic mass is 10.0. The molecule has 0 N–H and O–H groups in total. The molecule has 2 aliphatic rings. The van der Waals surface area contributed by atoms with Gasteiger partial charge in [-0.25, -0.2) is 4.98 Å². The van der Waals surface area contributed by atoms with Crippen molar-refractivity contribution in [2.75, 3.05) is 31.7 Å². The minimum absolute atomic E-state index is 0.539. The van der Waals surface area contributed by atoms with Crippen molar-refractivity contribution in [3.8, 4) is 0 Å². The van der Waals surface area contributed by atoms with E-state index in [2.05, 4.69) is 16.9 Å². The lowest BCUT2D eigenvalue weighted by Crippen LogP contribution is -2.30. The Hall–Kier alpha value is -0.940. The summed E-state index contributed by atoms with van der Waals surface area (Å²) in [7, 11) is 2.07. The van der Waals surface area contributed by atoms with Gasteiger partial charge in [0.2, 0.25) is 0 Å². The van der Waals surface area contributed by atoms with Crippen LogP contribution in [0.15, 0.2) is 0 Å². The van der Waals surface area contributed by atoms with Crippen molar-refractivity contribution in [2.24, 2.45) is 5.92 Å². The van der Waals surface area contributed by atoms with Crippen molar-refractivity contribution in [3.63, 3.8) is 0 Å². The van der Waals surface area contributed by atoms with E-state index in [4.69, 9.17) is 4.74 Å². The minimum atomic E-state index is 0.539. The highest BCUT2D eigenvalue weighted by molar-refractivity contribution is 7.17. The summed E-state index contributed by atoms with van der Waals surface area (Å²) in [5.74, 6) is 1.13. The summed E-state index contributed by atoms with van der Waals surface area (Å²) in [5, 5.41) is 0.981. The number of ether oxygens (including phenoxy) is 1. The molecule has 5 heteroatoms. The van der Waals surface area contributed by atoms with E-state index in [1.165, 1.54) is 30.6 Å². The van der Waals surface area contributed by atoms with Gasteiger partial charge in [0.05, 0.1) is 17.2 Å². The molecule has 1 aromatic rings. The quantitative estimate of drug-likeness (QED) is 0.778. The average Bonchev–Trinajstić information content (AvgIpc) is 3.19. The fourth-order valence-corrected chi connectivity index (χ4v) is 3.58. The molecule has 1 aliphatic carbocycles. The molecule has 4 nitrogen and oxygen atoms in total. The van der Waals surface area contributed by atoms with Crippen LogP contribution >= 0.6 is 11.3 Å². The lowest BCUT2D eigenvalue weighted by Gasteiger charge is -2.26. The van der Waals surface area contributed by atoms with Crippen molar-refractivity contribution >= 4 is 22.8 Å². The maximum absolute atomic E-state index is 11.1. The molecule has 0 radical (unpaired) electrons. The van der Waals surface area contributed by atoms with Crippen molar-refractivity contribution in [3.05, 3.63) is 10.6 Å². The number of anilines is 1. The lowest BCUT2D eigenvalue weighted by molar-refractivity contribution is 0.0576. The van der Waals surface area contributed by atoms with Gasteiger partial charge in [-0.2, -0.15) is 0 Å². The molecular formula is C14H20N2O2S. The van der Waals surface area contributed by atoms with E-state index in [0.717, 1.165) is 48.2 Å². The Kier molecular flexibility index (Phi) is 3.84. The summed E-state index contributed by atoms with van der Waals surface area (Å²) < 4.78 is 5.52. The van der Waals surface area contributed by atoms with E-state index < -0.39 is 0 Å². The fraction of sp³-hybridized carbons (Fsp3) is 0.714. The molecule has 2 fully saturated rings. The topological polar surface area (TPSA) is 42.4 Å². The maximum atomic E-state index is 11.1. The van der Waals surface area contributed by atoms with Gasteiger partial charge in [0, 0.05) is 26.1 Å². The summed E-state index contributed by atoms with van der Waals surface area (Å²) in [6, 6.07) is 0. The van der Waals surface area contributed by atoms with E-state index in [-0.39, 0.29) is 0 Å². The van der Waals surface area contributed by atoms with Crippen LogP contribution in [0.4, 0.5) is 5.13 Å². The Bertz CT molecular complexity index is 450. The standard InChI is InChI=1S/C14H20N2O2S/c1-16(7-10-3-2-6-18-9-10)14-15-13(11-4-5-11)12(8-17)19-14/h8,10-11H,2-7,9H2,1H3. The zero-order valence-corrected chi connectivity index (χ0v) is 12.1. The Labute approximate surface area is 117 Å². The van der Waals surface area contributed by atoms with Gasteiger partial charge in [0.15, 0.2) is 11.4 Å². The van der Waals surface area contributed by atoms with Crippen LogP contribution in [0.1, 0.15) is 47.0 Å². The van der Waals surface area contributed by atoms with Gasteiger partial charge in [0.1, 0.15) is 0 Å². The molecule has 19 heavy (non-hydrogen) atoms. The molecular weight excluding hydrogens is 260 g/mol. The first-order chi connectivity index (χ1) is 9.28. The van der Waals surface area contributed by atoms with Gasteiger partial charge >= 0.3 is 0 Å². The number of rotatable bonds is 5. The van der Waals surface area contributed by atoms with Crippen LogP contribution in [0.5, 0.6) is 0 Å². The van der Waals surface area contributed by atoms with Crippen molar-refractivity contribution in [1.82, 2.24) is 4.98 Å². The molecule has 104 valence electrons. The van der Waals surface area contributed by atoms with Crippen LogP contribution in [-0.4, -0.2) is 38.1 Å². The predicted molar refractivity (Wildman–Crippen MR) is 76.3 cm³/mol. The van der Waals surface area contributed by atoms with Crippen LogP contribution in [0.3, 0.4) is 0 Å². The molecule has 0 aromatic carbocycles. The van der Waals surface area contributed by atoms with Gasteiger partial charge in [-0.05, 0) is 31.6 Å². The molecule has 1 aliphatic heterocycles. The third-order valence-corrected chi connectivity index (χ3v) is 4.96. The average molecular weight is 280 g/mol. The maximum Gasteiger partial charge on any atom is 0.185 e. The molecule has 0 spiro atoms. The third kappa shape index (κ3) is 2.98. The molecule has 1 aromatic heterocycles. The second-order valence-electron chi connectivity index (χ2n) is 5.60. The SMILES string of the molecule is CN(CC1CCCOC1)c1nc(C2CC2)c(C=O)s1. The van der Waals surface area contributed by atoms with Gasteiger partial charge in [-0.3, -0.25) is 4.79 Å². The Morgan fingerprint density at radius 1 is 1.47 bits per heavy atom. The van der Waals surface area contributed by atoms with E-state index in [1.54, 1.807) is 0 Å². The Morgan fingerprint density at radius 2 is 2.32 bits per heavy atom. The van der Waals surface area contributed by atoms with Crippen LogP contribution < -0.4 is 4.90 Å². The smallest absolute Gasteiger partial charge is 0.185 e. The van der Waals surface area contributed by atoms with Gasteiger partial charge < -0.3 is 9.64 Å². The Morgan fingerprint density at radius 3 is 2.95 bits per heavy atom. The molecule has 1 atom stereocenters. The zero-order valence-electron chi connectivity index (χ0n) is 11.3. The first-order valence-corrected chi connectivity index (χ1v) is 7.84. The number of carbonyl (C=O) groups is 1. The zero-order chi connectivity index (χ0) is 13.2. The van der Waals surface area contributed by atoms with E-state index in [0.29, 0.717) is 11.8 Å². The Balaban J connectivity index is 1.68. The van der Waals surface area contributed by atoms with E-state index in [9.17, 15) is 4.79 Å². The molecule has 2 heterocycles. The molecule has 0 amide bonds. The molecule has 0 bridgehead atoms. The summed E-state index contributed by atoms with van der Waals surface area (Å²) >= 11 is 1.53. The largest absolute Gasteiger partial charge is 0.381 e. The number of aromatic nitrogens is 1. The van der Waals surface area contributed by atoms with E-state index in [1.807, 2.05) is 0 Å². The summed E-state index contributed by atoms with van der Waals surface area (Å²) in [5.41, 5.74) is 1.03. The highest BCUT2D eigenvalue weighted by Crippen LogP contribution is 2.43. The van der Waals surface area contributed by atoms with Gasteiger partial charge in [-0.15, -0.1) is 0 Å². The summed E-state index contributed by atoms with van der Waals surface area (Å²) in [4.78, 5) is 18.8. The van der Waals surface area contributed by atoms with Crippen LogP contribution in [0.2, 0.25) is 0 Å². The van der Waals surface area contributed by atoms with Crippen LogP contribution in [0, 0.1) is 5.92 Å². The molecule has 3 rings (SSSR count). The monoisotopic (exact) mass is 280 g/mol. The van der Waals surface area contributed by atoms with Crippen LogP contribution in [0.25, 0.3) is 0 Å². The highest BCUT2D eigenvalue weighted by atomic mass is 32.1. The van der Waals surface area contributed by atoms with Crippen LogP contribution in [-0.2, 0) is 4.74 Å². The number of nitrogens with zero attached hydrogens (tertiary/aromatic N) is 2. The second kappa shape index (κ2) is 5.59. The number of carbonyl (C=O) groups excluding carboxylic acids is 1. The first-order valence-electron chi connectivity index (χ1n) is 7.02.